The summed E-state index contributed by atoms with van der Waals surface area (Å²) < 4.78 is 0. The molecule has 0 aliphatic heterocycles. The van der Waals surface area contributed by atoms with Gasteiger partial charge in [0.15, 0.2) is 0 Å². The van der Waals surface area contributed by atoms with Crippen molar-refractivity contribution in [3.05, 3.63) is 34.9 Å². The summed E-state index contributed by atoms with van der Waals surface area (Å²) in [6.45, 7) is 4.61. The standard InChI is InChI=1S/C15H22ClN/c1-11-5-3-4-6-15(11)17-12(2)13-7-9-14(16)10-8-13/h7-12,15,17H,3-6H2,1-2H3/t11?,12-,15?/m1/s1. The molecule has 1 aromatic carbocycles. The van der Waals surface area contributed by atoms with E-state index in [1.54, 1.807) is 0 Å². The van der Waals surface area contributed by atoms with Gasteiger partial charge in [-0.25, -0.2) is 0 Å². The summed E-state index contributed by atoms with van der Waals surface area (Å²) in [5.41, 5.74) is 1.33. The summed E-state index contributed by atoms with van der Waals surface area (Å²) in [5, 5.41) is 4.57. The van der Waals surface area contributed by atoms with Gasteiger partial charge in [-0.1, -0.05) is 43.5 Å². The predicted octanol–water partition coefficient (Wildman–Crippen LogP) is 4.57. The molecule has 1 aliphatic rings. The monoisotopic (exact) mass is 251 g/mol. The van der Waals surface area contributed by atoms with Crippen LogP contribution in [0.3, 0.4) is 0 Å². The van der Waals surface area contributed by atoms with Crippen LogP contribution in [0.25, 0.3) is 0 Å². The topological polar surface area (TPSA) is 12.0 Å². The number of nitrogens with one attached hydrogen (secondary N) is 1. The van der Waals surface area contributed by atoms with Gasteiger partial charge in [0.05, 0.1) is 0 Å². The van der Waals surface area contributed by atoms with Gasteiger partial charge in [-0.05, 0) is 43.4 Å². The SMILES string of the molecule is CC1CCCCC1N[C@H](C)c1ccc(Cl)cc1. The molecule has 3 atom stereocenters. The summed E-state index contributed by atoms with van der Waals surface area (Å²) in [6, 6.07) is 9.27. The van der Waals surface area contributed by atoms with E-state index in [0.717, 1.165) is 10.9 Å². The lowest BCUT2D eigenvalue weighted by Crippen LogP contribution is -2.38. The minimum absolute atomic E-state index is 0.415. The number of halogens is 1. The van der Waals surface area contributed by atoms with E-state index >= 15 is 0 Å². The molecule has 2 unspecified atom stereocenters. The molecule has 1 aromatic rings. The minimum atomic E-state index is 0.415. The van der Waals surface area contributed by atoms with Crippen LogP contribution in [0.1, 0.15) is 51.1 Å². The van der Waals surface area contributed by atoms with Gasteiger partial charge in [0, 0.05) is 17.1 Å². The van der Waals surface area contributed by atoms with E-state index in [9.17, 15) is 0 Å². The fourth-order valence-electron chi connectivity index (χ4n) is 2.73. The summed E-state index contributed by atoms with van der Waals surface area (Å²) in [6.07, 6.45) is 5.45. The van der Waals surface area contributed by atoms with Gasteiger partial charge in [-0.3, -0.25) is 0 Å². The Balaban J connectivity index is 1.95. The van der Waals surface area contributed by atoms with Crippen LogP contribution in [-0.4, -0.2) is 6.04 Å². The zero-order valence-electron chi connectivity index (χ0n) is 10.7. The van der Waals surface area contributed by atoms with Gasteiger partial charge < -0.3 is 5.32 Å². The summed E-state index contributed by atoms with van der Waals surface area (Å²) >= 11 is 5.91. The molecule has 0 bridgehead atoms. The first kappa shape index (κ1) is 12.9. The Bertz CT molecular complexity index is 346. The van der Waals surface area contributed by atoms with E-state index in [0.29, 0.717) is 12.1 Å². The highest BCUT2D eigenvalue weighted by molar-refractivity contribution is 6.30. The maximum Gasteiger partial charge on any atom is 0.0406 e. The summed E-state index contributed by atoms with van der Waals surface area (Å²) in [7, 11) is 0. The van der Waals surface area contributed by atoms with Gasteiger partial charge in [-0.2, -0.15) is 0 Å². The van der Waals surface area contributed by atoms with E-state index in [4.69, 9.17) is 11.6 Å². The van der Waals surface area contributed by atoms with E-state index < -0.39 is 0 Å². The molecule has 94 valence electrons. The molecular weight excluding hydrogens is 230 g/mol. The average molecular weight is 252 g/mol. The van der Waals surface area contributed by atoms with E-state index in [-0.39, 0.29) is 0 Å². The first-order valence-corrected chi connectivity index (χ1v) is 7.06. The summed E-state index contributed by atoms with van der Waals surface area (Å²) in [4.78, 5) is 0. The van der Waals surface area contributed by atoms with Crippen molar-refractivity contribution in [2.75, 3.05) is 0 Å². The molecule has 0 spiro atoms. The molecule has 0 radical (unpaired) electrons. The number of hydrogen-bond donors (Lipinski definition) is 1. The third-order valence-corrected chi connectivity index (χ3v) is 4.20. The van der Waals surface area contributed by atoms with Crippen molar-refractivity contribution >= 4 is 11.6 Å². The molecule has 0 amide bonds. The first-order chi connectivity index (χ1) is 8.16. The fourth-order valence-corrected chi connectivity index (χ4v) is 2.86. The van der Waals surface area contributed by atoms with Crippen LogP contribution in [-0.2, 0) is 0 Å². The molecule has 17 heavy (non-hydrogen) atoms. The van der Waals surface area contributed by atoms with E-state index in [1.807, 2.05) is 12.1 Å². The highest BCUT2D eigenvalue weighted by Crippen LogP contribution is 2.26. The maximum atomic E-state index is 5.91. The van der Waals surface area contributed by atoms with Crippen LogP contribution in [0.4, 0.5) is 0 Å². The Morgan fingerprint density at radius 2 is 1.82 bits per heavy atom. The Morgan fingerprint density at radius 3 is 2.47 bits per heavy atom. The average Bonchev–Trinajstić information content (AvgIpc) is 2.33. The highest BCUT2D eigenvalue weighted by atomic mass is 35.5. The largest absolute Gasteiger partial charge is 0.307 e. The van der Waals surface area contributed by atoms with Crippen LogP contribution in [0.15, 0.2) is 24.3 Å². The van der Waals surface area contributed by atoms with E-state index in [2.05, 4.69) is 31.3 Å². The van der Waals surface area contributed by atoms with Crippen LogP contribution in [0, 0.1) is 5.92 Å². The zero-order valence-corrected chi connectivity index (χ0v) is 11.5. The van der Waals surface area contributed by atoms with Crippen molar-refractivity contribution in [1.82, 2.24) is 5.32 Å². The van der Waals surface area contributed by atoms with Crippen molar-refractivity contribution in [2.24, 2.45) is 5.92 Å². The molecule has 1 aliphatic carbocycles. The maximum absolute atomic E-state index is 5.91. The molecule has 1 N–H and O–H groups in total. The van der Waals surface area contributed by atoms with Gasteiger partial charge in [-0.15, -0.1) is 0 Å². The molecule has 2 heteroatoms. The van der Waals surface area contributed by atoms with Crippen molar-refractivity contribution in [1.29, 1.82) is 0 Å². The van der Waals surface area contributed by atoms with Crippen LogP contribution in [0.2, 0.25) is 5.02 Å². The van der Waals surface area contributed by atoms with Crippen LogP contribution in [0.5, 0.6) is 0 Å². The van der Waals surface area contributed by atoms with Crippen LogP contribution < -0.4 is 5.32 Å². The minimum Gasteiger partial charge on any atom is -0.307 e. The molecule has 1 saturated carbocycles. The van der Waals surface area contributed by atoms with Gasteiger partial charge in [0.2, 0.25) is 0 Å². The van der Waals surface area contributed by atoms with Crippen molar-refractivity contribution in [3.63, 3.8) is 0 Å². The second-order valence-electron chi connectivity index (χ2n) is 5.31. The normalized spacial score (nSPS) is 26.8. The Hall–Kier alpha value is -0.530. The molecule has 0 heterocycles. The molecule has 2 rings (SSSR count). The molecule has 0 saturated heterocycles. The van der Waals surface area contributed by atoms with Crippen LogP contribution >= 0.6 is 11.6 Å². The molecule has 1 nitrogen and oxygen atoms in total. The zero-order chi connectivity index (χ0) is 12.3. The third kappa shape index (κ3) is 3.46. The van der Waals surface area contributed by atoms with Crippen molar-refractivity contribution < 1.29 is 0 Å². The number of benzene rings is 1. The van der Waals surface area contributed by atoms with Gasteiger partial charge in [0.25, 0.3) is 0 Å². The van der Waals surface area contributed by atoms with Crippen molar-refractivity contribution in [3.8, 4) is 0 Å². The highest BCUT2D eigenvalue weighted by Gasteiger charge is 2.22. The quantitative estimate of drug-likeness (QED) is 0.830. The Kier molecular flexibility index (Phi) is 4.47. The molecular formula is C15H22ClN. The fraction of sp³-hybridized carbons (Fsp3) is 0.600. The van der Waals surface area contributed by atoms with Gasteiger partial charge in [0.1, 0.15) is 0 Å². The second-order valence-corrected chi connectivity index (χ2v) is 5.74. The lowest BCUT2D eigenvalue weighted by Gasteiger charge is -2.32. The Labute approximate surface area is 110 Å². The third-order valence-electron chi connectivity index (χ3n) is 3.95. The lowest BCUT2D eigenvalue weighted by molar-refractivity contribution is 0.263. The smallest absolute Gasteiger partial charge is 0.0406 e. The first-order valence-electron chi connectivity index (χ1n) is 6.68. The van der Waals surface area contributed by atoms with Gasteiger partial charge >= 0.3 is 0 Å². The Morgan fingerprint density at radius 1 is 1.18 bits per heavy atom. The van der Waals surface area contributed by atoms with Crippen molar-refractivity contribution in [2.45, 2.75) is 51.6 Å². The predicted molar refractivity (Wildman–Crippen MR) is 74.4 cm³/mol. The molecule has 1 fully saturated rings. The molecule has 0 aromatic heterocycles. The second kappa shape index (κ2) is 5.88. The summed E-state index contributed by atoms with van der Waals surface area (Å²) in [5.74, 6) is 0.804. The van der Waals surface area contributed by atoms with E-state index in [1.165, 1.54) is 31.2 Å². The lowest BCUT2D eigenvalue weighted by atomic mass is 9.85. The number of hydrogen-bond acceptors (Lipinski definition) is 1. The number of rotatable bonds is 3.